The molecule has 0 radical (unpaired) electrons. The minimum atomic E-state index is -4.94. The monoisotopic (exact) mass is 496 g/mol. The summed E-state index contributed by atoms with van der Waals surface area (Å²) < 4.78 is 38.0. The lowest BCUT2D eigenvalue weighted by atomic mass is 10.2. The smallest absolute Gasteiger partial charge is 0.344 e. The van der Waals surface area contributed by atoms with Crippen LogP contribution >= 0.6 is 27.3 Å². The summed E-state index contributed by atoms with van der Waals surface area (Å²) >= 11 is 4.67. The second kappa shape index (κ2) is 8.50. The van der Waals surface area contributed by atoms with Crippen LogP contribution in [-0.2, 0) is 4.79 Å². The van der Waals surface area contributed by atoms with E-state index in [4.69, 9.17) is 0 Å². The Labute approximate surface area is 177 Å². The van der Waals surface area contributed by atoms with Crippen LogP contribution in [0.15, 0.2) is 15.9 Å². The van der Waals surface area contributed by atoms with Gasteiger partial charge in [-0.25, -0.2) is 4.79 Å². The van der Waals surface area contributed by atoms with E-state index in [0.29, 0.717) is 24.4 Å². The lowest BCUT2D eigenvalue weighted by Crippen LogP contribution is -2.47. The normalized spacial score (nSPS) is 22.1. The second-order valence-electron chi connectivity index (χ2n) is 7.09. The van der Waals surface area contributed by atoms with Gasteiger partial charge >= 0.3 is 18.1 Å². The van der Waals surface area contributed by atoms with Crippen molar-refractivity contribution in [2.45, 2.75) is 31.1 Å². The number of carbonyl (C=O) groups excluding carboxylic acids is 3. The highest BCUT2D eigenvalue weighted by Crippen LogP contribution is 2.26. The highest BCUT2D eigenvalue weighted by molar-refractivity contribution is 9.11. The molecule has 0 bridgehead atoms. The predicted molar refractivity (Wildman–Crippen MR) is 104 cm³/mol. The van der Waals surface area contributed by atoms with E-state index in [2.05, 4.69) is 15.9 Å². The number of thiophene rings is 1. The Morgan fingerprint density at radius 1 is 1.17 bits per heavy atom. The quantitative estimate of drug-likeness (QED) is 0.698. The van der Waals surface area contributed by atoms with E-state index >= 15 is 0 Å². The third-order valence-corrected chi connectivity index (χ3v) is 6.75. The van der Waals surface area contributed by atoms with Crippen molar-refractivity contribution in [2.75, 3.05) is 33.2 Å². The molecule has 2 fully saturated rings. The van der Waals surface area contributed by atoms with Crippen LogP contribution in [0.5, 0.6) is 0 Å². The molecule has 3 heterocycles. The first kappa shape index (κ1) is 21.9. The van der Waals surface area contributed by atoms with Gasteiger partial charge in [-0.2, -0.15) is 13.2 Å². The van der Waals surface area contributed by atoms with Gasteiger partial charge in [-0.15, -0.1) is 11.3 Å². The van der Waals surface area contributed by atoms with E-state index in [1.807, 2.05) is 5.32 Å². The standard InChI is InChI=1S/C17H20BrF3N4O3S/c1-23(14(26)12-2-3-13(18)29-12)11-5-7-25(9-11)16(28)24-6-4-10(8-24)22-15(27)17(19,20)21/h2-3,10-11H,4-9H2,1H3,(H,22,27)/t10-,11+/m1/s1. The summed E-state index contributed by atoms with van der Waals surface area (Å²) in [6.07, 6.45) is -4.03. The average molecular weight is 497 g/mol. The maximum atomic E-state index is 12.7. The van der Waals surface area contributed by atoms with Gasteiger partial charge in [-0.05, 0) is 40.9 Å². The first-order chi connectivity index (χ1) is 13.6. The van der Waals surface area contributed by atoms with Gasteiger partial charge in [-0.3, -0.25) is 9.59 Å². The van der Waals surface area contributed by atoms with Crippen LogP contribution in [-0.4, -0.2) is 84.0 Å². The molecule has 1 aromatic rings. The molecule has 2 aliphatic heterocycles. The van der Waals surface area contributed by atoms with Crippen molar-refractivity contribution in [3.05, 3.63) is 20.8 Å². The largest absolute Gasteiger partial charge is 0.471 e. The van der Waals surface area contributed by atoms with Gasteiger partial charge in [0, 0.05) is 39.3 Å². The molecule has 0 unspecified atom stereocenters. The Balaban J connectivity index is 1.52. The maximum Gasteiger partial charge on any atom is 0.471 e. The van der Waals surface area contributed by atoms with E-state index in [-0.39, 0.29) is 37.5 Å². The lowest BCUT2D eigenvalue weighted by Gasteiger charge is -2.27. The maximum absolute atomic E-state index is 12.7. The average Bonchev–Trinajstić information content (AvgIpc) is 3.39. The summed E-state index contributed by atoms with van der Waals surface area (Å²) in [6, 6.07) is 2.42. The summed E-state index contributed by atoms with van der Waals surface area (Å²) in [5.41, 5.74) is 0. The number of amides is 4. The summed E-state index contributed by atoms with van der Waals surface area (Å²) in [7, 11) is 1.70. The zero-order valence-electron chi connectivity index (χ0n) is 15.5. The molecule has 0 aliphatic carbocycles. The SMILES string of the molecule is CN(C(=O)c1ccc(Br)s1)[C@H]1CCN(C(=O)N2CC[C@@H](NC(=O)C(F)(F)F)C2)C1. The van der Waals surface area contributed by atoms with Crippen LogP contribution in [0, 0.1) is 0 Å². The zero-order valence-corrected chi connectivity index (χ0v) is 17.9. The van der Waals surface area contributed by atoms with E-state index in [1.165, 1.54) is 16.2 Å². The van der Waals surface area contributed by atoms with Crippen LogP contribution in [0.2, 0.25) is 0 Å². The predicted octanol–water partition coefficient (Wildman–Crippen LogP) is 2.53. The van der Waals surface area contributed by atoms with Crippen LogP contribution in [0.1, 0.15) is 22.5 Å². The minimum absolute atomic E-state index is 0.0415. The van der Waals surface area contributed by atoms with E-state index < -0.39 is 18.1 Å². The lowest BCUT2D eigenvalue weighted by molar-refractivity contribution is -0.174. The molecule has 1 aromatic heterocycles. The van der Waals surface area contributed by atoms with Crippen molar-refractivity contribution < 1.29 is 27.6 Å². The fourth-order valence-electron chi connectivity index (χ4n) is 3.52. The Hall–Kier alpha value is -1.82. The topological polar surface area (TPSA) is 73.0 Å². The Bertz CT molecular complexity index is 803. The van der Waals surface area contributed by atoms with Crippen LogP contribution in [0.3, 0.4) is 0 Å². The number of carbonyl (C=O) groups is 3. The van der Waals surface area contributed by atoms with Crippen molar-refractivity contribution in [1.29, 1.82) is 0 Å². The van der Waals surface area contributed by atoms with Crippen molar-refractivity contribution in [1.82, 2.24) is 20.0 Å². The number of hydrogen-bond acceptors (Lipinski definition) is 4. The fraction of sp³-hybridized carbons (Fsp3) is 0.588. The van der Waals surface area contributed by atoms with Crippen molar-refractivity contribution >= 4 is 45.1 Å². The molecule has 29 heavy (non-hydrogen) atoms. The zero-order chi connectivity index (χ0) is 21.3. The molecular weight excluding hydrogens is 477 g/mol. The van der Waals surface area contributed by atoms with Crippen LogP contribution in [0.4, 0.5) is 18.0 Å². The number of hydrogen-bond donors (Lipinski definition) is 1. The molecule has 2 saturated heterocycles. The molecule has 160 valence electrons. The van der Waals surface area contributed by atoms with Gasteiger partial charge in [0.15, 0.2) is 0 Å². The minimum Gasteiger partial charge on any atom is -0.344 e. The molecule has 0 spiro atoms. The molecule has 12 heteroatoms. The van der Waals surface area contributed by atoms with Crippen LogP contribution in [0.25, 0.3) is 0 Å². The Morgan fingerprint density at radius 3 is 2.45 bits per heavy atom. The number of likely N-dealkylation sites (tertiary alicyclic amines) is 2. The number of urea groups is 1. The highest BCUT2D eigenvalue weighted by atomic mass is 79.9. The summed E-state index contributed by atoms with van der Waals surface area (Å²) in [6.45, 7) is 1.15. The molecular formula is C17H20BrF3N4O3S. The number of alkyl halides is 3. The van der Waals surface area contributed by atoms with Gasteiger partial charge in [-0.1, -0.05) is 0 Å². The molecule has 7 nitrogen and oxygen atoms in total. The molecule has 0 aromatic carbocycles. The van der Waals surface area contributed by atoms with Gasteiger partial charge in [0.05, 0.1) is 14.7 Å². The number of halogens is 4. The summed E-state index contributed by atoms with van der Waals surface area (Å²) in [4.78, 5) is 41.6. The third-order valence-electron chi connectivity index (χ3n) is 5.14. The summed E-state index contributed by atoms with van der Waals surface area (Å²) in [5.74, 6) is -2.10. The molecule has 2 aliphatic rings. The second-order valence-corrected chi connectivity index (χ2v) is 9.56. The molecule has 4 amide bonds. The van der Waals surface area contributed by atoms with Crippen molar-refractivity contribution in [3.8, 4) is 0 Å². The van der Waals surface area contributed by atoms with Gasteiger partial charge in [0.25, 0.3) is 5.91 Å². The molecule has 3 rings (SSSR count). The first-order valence-corrected chi connectivity index (χ1v) is 10.6. The van der Waals surface area contributed by atoms with Crippen molar-refractivity contribution in [2.24, 2.45) is 0 Å². The van der Waals surface area contributed by atoms with Crippen LogP contribution < -0.4 is 5.32 Å². The Kier molecular flexibility index (Phi) is 6.42. The van der Waals surface area contributed by atoms with E-state index in [0.717, 1.165) is 3.79 Å². The number of likely N-dealkylation sites (N-methyl/N-ethyl adjacent to an activating group) is 1. The van der Waals surface area contributed by atoms with Gasteiger partial charge < -0.3 is 20.0 Å². The first-order valence-electron chi connectivity index (χ1n) is 9.00. The van der Waals surface area contributed by atoms with Gasteiger partial charge in [0.2, 0.25) is 0 Å². The van der Waals surface area contributed by atoms with E-state index in [1.54, 1.807) is 29.0 Å². The number of nitrogens with one attached hydrogen (secondary N) is 1. The molecule has 0 saturated carbocycles. The fourth-order valence-corrected chi connectivity index (χ4v) is 4.89. The van der Waals surface area contributed by atoms with Gasteiger partial charge in [0.1, 0.15) is 0 Å². The molecule has 1 N–H and O–H groups in total. The van der Waals surface area contributed by atoms with Crippen molar-refractivity contribution in [3.63, 3.8) is 0 Å². The number of rotatable bonds is 3. The Morgan fingerprint density at radius 2 is 1.83 bits per heavy atom. The molecule has 2 atom stereocenters. The van der Waals surface area contributed by atoms with E-state index in [9.17, 15) is 27.6 Å². The number of nitrogens with zero attached hydrogens (tertiary/aromatic N) is 3. The highest BCUT2D eigenvalue weighted by Gasteiger charge is 2.42. The summed E-state index contributed by atoms with van der Waals surface area (Å²) in [5, 5.41) is 1.92. The third kappa shape index (κ3) is 5.03.